The summed E-state index contributed by atoms with van der Waals surface area (Å²) in [6, 6.07) is 7.73. The highest BCUT2D eigenvalue weighted by atomic mass is 16.2. The molecule has 2 N–H and O–H groups in total. The van der Waals surface area contributed by atoms with E-state index >= 15 is 0 Å². The summed E-state index contributed by atoms with van der Waals surface area (Å²) in [7, 11) is 0. The van der Waals surface area contributed by atoms with Gasteiger partial charge in [-0.3, -0.25) is 14.6 Å². The van der Waals surface area contributed by atoms with Crippen molar-refractivity contribution < 1.29 is 9.59 Å². The number of nitrogens with zero attached hydrogens (tertiary/aromatic N) is 1. The normalized spacial score (nSPS) is 11.0. The first-order valence-corrected chi connectivity index (χ1v) is 10.5. The number of unbranched alkanes of at least 4 members (excludes halogenated alkanes) is 2. The quantitative estimate of drug-likeness (QED) is 0.551. The van der Waals surface area contributed by atoms with Crippen LogP contribution in [0.15, 0.2) is 36.7 Å². The van der Waals surface area contributed by atoms with Crippen molar-refractivity contribution in [1.29, 1.82) is 0 Å². The zero-order valence-electron chi connectivity index (χ0n) is 18.2. The van der Waals surface area contributed by atoms with Crippen LogP contribution < -0.4 is 10.6 Å². The Bertz CT molecular complexity index is 818. The molecule has 2 amide bonds. The lowest BCUT2D eigenvalue weighted by molar-refractivity contribution is 0.0952. The molecule has 2 aromatic rings. The predicted octanol–water partition coefficient (Wildman–Crippen LogP) is 5.50. The summed E-state index contributed by atoms with van der Waals surface area (Å²) in [5.41, 5.74) is 3.83. The summed E-state index contributed by atoms with van der Waals surface area (Å²) in [6.07, 6.45) is 6.11. The number of hydrogen-bond donors (Lipinski definition) is 2. The molecule has 0 radical (unpaired) electrons. The van der Waals surface area contributed by atoms with Crippen LogP contribution in [0.4, 0.5) is 5.69 Å². The molecule has 2 rings (SSSR count). The minimum absolute atomic E-state index is 0.200. The molecule has 0 aliphatic carbocycles. The fourth-order valence-electron chi connectivity index (χ4n) is 3.25. The third-order valence-electron chi connectivity index (χ3n) is 4.94. The van der Waals surface area contributed by atoms with Gasteiger partial charge in [-0.15, -0.1) is 0 Å². The number of benzene rings is 1. The first kappa shape index (κ1) is 22.6. The van der Waals surface area contributed by atoms with Crippen LogP contribution >= 0.6 is 0 Å². The Morgan fingerprint density at radius 2 is 1.52 bits per heavy atom. The summed E-state index contributed by atoms with van der Waals surface area (Å²) < 4.78 is 0. The van der Waals surface area contributed by atoms with E-state index in [0.29, 0.717) is 17.7 Å². The van der Waals surface area contributed by atoms with Gasteiger partial charge in [0.05, 0.1) is 11.1 Å². The van der Waals surface area contributed by atoms with Gasteiger partial charge in [0.2, 0.25) is 0 Å². The first-order chi connectivity index (χ1) is 13.8. The fraction of sp³-hybridized carbons (Fsp3) is 0.458. The minimum Gasteiger partial charge on any atom is -0.352 e. The predicted molar refractivity (Wildman–Crippen MR) is 119 cm³/mol. The van der Waals surface area contributed by atoms with Gasteiger partial charge in [-0.2, -0.15) is 0 Å². The zero-order chi connectivity index (χ0) is 21.4. The molecule has 156 valence electrons. The zero-order valence-corrected chi connectivity index (χ0v) is 18.2. The Morgan fingerprint density at radius 1 is 0.931 bits per heavy atom. The molecule has 5 nitrogen and oxygen atoms in total. The number of hydrogen-bond acceptors (Lipinski definition) is 3. The van der Waals surface area contributed by atoms with E-state index in [2.05, 4.69) is 50.2 Å². The van der Waals surface area contributed by atoms with Gasteiger partial charge in [0, 0.05) is 24.6 Å². The lowest BCUT2D eigenvalue weighted by atomic mass is 9.92. The van der Waals surface area contributed by atoms with Crippen molar-refractivity contribution in [2.24, 2.45) is 0 Å². The molecule has 0 bridgehead atoms. The topological polar surface area (TPSA) is 71.1 Å². The average molecular weight is 396 g/mol. The lowest BCUT2D eigenvalue weighted by Crippen LogP contribution is -2.25. The van der Waals surface area contributed by atoms with E-state index in [1.807, 2.05) is 18.2 Å². The monoisotopic (exact) mass is 395 g/mol. The number of rotatable bonds is 9. The van der Waals surface area contributed by atoms with Crippen LogP contribution in [-0.2, 0) is 0 Å². The Morgan fingerprint density at radius 3 is 2.07 bits per heavy atom. The molecule has 0 atom stereocenters. The number of pyridine rings is 1. The molecule has 0 unspecified atom stereocenters. The van der Waals surface area contributed by atoms with Crippen LogP contribution in [0.3, 0.4) is 0 Å². The molecule has 5 heteroatoms. The maximum absolute atomic E-state index is 13.0. The van der Waals surface area contributed by atoms with E-state index in [1.54, 1.807) is 6.07 Å². The van der Waals surface area contributed by atoms with Crippen molar-refractivity contribution in [3.63, 3.8) is 0 Å². The third kappa shape index (κ3) is 6.14. The van der Waals surface area contributed by atoms with Crippen LogP contribution in [0.2, 0.25) is 0 Å². The van der Waals surface area contributed by atoms with Crippen LogP contribution in [0.25, 0.3) is 0 Å². The van der Waals surface area contributed by atoms with Gasteiger partial charge < -0.3 is 10.6 Å². The number of amides is 2. The number of anilines is 1. The van der Waals surface area contributed by atoms with E-state index in [-0.39, 0.29) is 23.7 Å². The van der Waals surface area contributed by atoms with Crippen molar-refractivity contribution in [1.82, 2.24) is 10.3 Å². The summed E-state index contributed by atoms with van der Waals surface area (Å²) in [4.78, 5) is 29.4. The Balaban J connectivity index is 2.21. The van der Waals surface area contributed by atoms with Crippen LogP contribution in [-0.4, -0.2) is 23.3 Å². The van der Waals surface area contributed by atoms with E-state index in [0.717, 1.165) is 36.1 Å². The molecule has 0 saturated heterocycles. The molecule has 1 heterocycles. The maximum atomic E-state index is 13.0. The Kier molecular flexibility index (Phi) is 8.37. The Hall–Kier alpha value is -2.69. The molecule has 1 aromatic heterocycles. The van der Waals surface area contributed by atoms with Crippen molar-refractivity contribution in [3.05, 3.63) is 58.9 Å². The van der Waals surface area contributed by atoms with Gasteiger partial charge in [0.15, 0.2) is 0 Å². The molecule has 1 aromatic carbocycles. The standard InChI is InChI=1S/C24H33N3O2/c1-6-7-8-12-26-23(28)18-13-19(15-25-14-18)24(29)27-22-20(16(2)3)10-9-11-21(22)17(4)5/h9-11,13-17H,6-8,12H2,1-5H3,(H,26,28)(H,27,29). The molecule has 0 saturated carbocycles. The van der Waals surface area contributed by atoms with Gasteiger partial charge in [-0.25, -0.2) is 0 Å². The summed E-state index contributed by atoms with van der Waals surface area (Å²) >= 11 is 0. The van der Waals surface area contributed by atoms with Crippen molar-refractivity contribution in [3.8, 4) is 0 Å². The average Bonchev–Trinajstić information content (AvgIpc) is 2.70. The van der Waals surface area contributed by atoms with Crippen LogP contribution in [0.5, 0.6) is 0 Å². The lowest BCUT2D eigenvalue weighted by Gasteiger charge is -2.20. The molecule has 0 fully saturated rings. The van der Waals surface area contributed by atoms with Crippen molar-refractivity contribution >= 4 is 17.5 Å². The minimum atomic E-state index is -0.256. The summed E-state index contributed by atoms with van der Waals surface area (Å²) in [5.74, 6) is 0.103. The van der Waals surface area contributed by atoms with Gasteiger partial charge in [-0.1, -0.05) is 65.7 Å². The van der Waals surface area contributed by atoms with Crippen LogP contribution in [0, 0.1) is 0 Å². The number of para-hydroxylation sites is 1. The number of aromatic nitrogens is 1. The smallest absolute Gasteiger partial charge is 0.257 e. The molecule has 29 heavy (non-hydrogen) atoms. The first-order valence-electron chi connectivity index (χ1n) is 10.5. The van der Waals surface area contributed by atoms with Gasteiger partial charge in [0.25, 0.3) is 11.8 Å². The fourth-order valence-corrected chi connectivity index (χ4v) is 3.25. The molecule has 0 aliphatic heterocycles. The number of carbonyl (C=O) groups is 2. The molecular formula is C24H33N3O2. The maximum Gasteiger partial charge on any atom is 0.257 e. The molecule has 0 aliphatic rings. The molecule has 0 spiro atoms. The Labute approximate surface area is 174 Å². The van der Waals surface area contributed by atoms with E-state index < -0.39 is 0 Å². The highest BCUT2D eigenvalue weighted by Gasteiger charge is 2.18. The highest BCUT2D eigenvalue weighted by molar-refractivity contribution is 6.06. The van der Waals surface area contributed by atoms with Gasteiger partial charge >= 0.3 is 0 Å². The van der Waals surface area contributed by atoms with Crippen molar-refractivity contribution in [2.45, 2.75) is 65.7 Å². The number of carbonyl (C=O) groups excluding carboxylic acids is 2. The second-order valence-electron chi connectivity index (χ2n) is 8.00. The van der Waals surface area contributed by atoms with Gasteiger partial charge in [-0.05, 0) is 35.4 Å². The summed E-state index contributed by atoms with van der Waals surface area (Å²) in [5, 5.41) is 5.96. The summed E-state index contributed by atoms with van der Waals surface area (Å²) in [6.45, 7) is 11.2. The SMILES string of the molecule is CCCCCNC(=O)c1cncc(C(=O)Nc2c(C(C)C)cccc2C(C)C)c1. The van der Waals surface area contributed by atoms with Crippen molar-refractivity contribution in [2.75, 3.05) is 11.9 Å². The second-order valence-corrected chi connectivity index (χ2v) is 8.00. The third-order valence-corrected chi connectivity index (χ3v) is 4.94. The second kappa shape index (κ2) is 10.7. The highest BCUT2D eigenvalue weighted by Crippen LogP contribution is 2.32. The van der Waals surface area contributed by atoms with E-state index in [1.165, 1.54) is 12.4 Å². The van der Waals surface area contributed by atoms with E-state index in [9.17, 15) is 9.59 Å². The van der Waals surface area contributed by atoms with E-state index in [4.69, 9.17) is 0 Å². The largest absolute Gasteiger partial charge is 0.352 e. The van der Waals surface area contributed by atoms with Crippen LogP contribution in [0.1, 0.15) is 97.6 Å². The van der Waals surface area contributed by atoms with Gasteiger partial charge in [0.1, 0.15) is 0 Å². The molecular weight excluding hydrogens is 362 g/mol. The number of nitrogens with one attached hydrogen (secondary N) is 2.